The molecule has 1 unspecified atom stereocenters. The molecule has 16 heavy (non-hydrogen) atoms. The van der Waals surface area contributed by atoms with E-state index in [9.17, 15) is 18.0 Å². The second kappa shape index (κ2) is 3.40. The average molecular weight is 231 g/mol. The van der Waals surface area contributed by atoms with Crippen molar-refractivity contribution in [3.05, 3.63) is 29.3 Å². The Kier molecular flexibility index (Phi) is 2.29. The van der Waals surface area contributed by atoms with Gasteiger partial charge in [0.25, 0.3) is 0 Å². The van der Waals surface area contributed by atoms with Crippen LogP contribution >= 0.6 is 0 Å². The van der Waals surface area contributed by atoms with E-state index in [1.165, 1.54) is 12.1 Å². The van der Waals surface area contributed by atoms with E-state index < -0.39 is 23.6 Å². The van der Waals surface area contributed by atoms with Crippen LogP contribution in [0.3, 0.4) is 0 Å². The Hall–Kier alpha value is -1.72. The Morgan fingerprint density at radius 1 is 1.44 bits per heavy atom. The molecule has 0 spiro atoms. The Labute approximate surface area is 88.9 Å². The van der Waals surface area contributed by atoms with Gasteiger partial charge in [-0.05, 0) is 11.6 Å². The van der Waals surface area contributed by atoms with Gasteiger partial charge in [-0.25, -0.2) is 0 Å². The summed E-state index contributed by atoms with van der Waals surface area (Å²) in [6, 6.07) is 3.57. The molecule has 0 aromatic heterocycles. The van der Waals surface area contributed by atoms with E-state index in [4.69, 9.17) is 5.11 Å². The average Bonchev–Trinajstić information content (AvgIpc) is 2.58. The highest BCUT2D eigenvalue weighted by Crippen LogP contribution is 2.41. The topological polar surface area (TPSA) is 49.3 Å². The van der Waals surface area contributed by atoms with E-state index in [0.29, 0.717) is 0 Å². The van der Waals surface area contributed by atoms with Crippen LogP contribution in [-0.2, 0) is 11.0 Å². The minimum Gasteiger partial charge on any atom is -0.481 e. The number of hydrogen-bond donors (Lipinski definition) is 2. The molecule has 1 heterocycles. The van der Waals surface area contributed by atoms with Crippen molar-refractivity contribution in [2.24, 2.45) is 0 Å². The van der Waals surface area contributed by atoms with Crippen molar-refractivity contribution in [3.8, 4) is 0 Å². The summed E-state index contributed by atoms with van der Waals surface area (Å²) in [6.45, 7) is -0.00222. The third kappa shape index (κ3) is 1.60. The van der Waals surface area contributed by atoms with Crippen molar-refractivity contribution in [3.63, 3.8) is 0 Å². The molecule has 0 fully saturated rings. The van der Waals surface area contributed by atoms with Gasteiger partial charge in [-0.3, -0.25) is 4.79 Å². The van der Waals surface area contributed by atoms with Crippen LogP contribution in [0, 0.1) is 0 Å². The summed E-state index contributed by atoms with van der Waals surface area (Å²) in [7, 11) is 0. The third-order valence-electron chi connectivity index (χ3n) is 2.56. The second-order valence-electron chi connectivity index (χ2n) is 3.54. The fraction of sp³-hybridized carbons (Fsp3) is 0.300. The maximum absolute atomic E-state index is 12.6. The van der Waals surface area contributed by atoms with Gasteiger partial charge in [0.1, 0.15) is 5.92 Å². The highest BCUT2D eigenvalue weighted by molar-refractivity contribution is 5.83. The molecule has 86 valence electrons. The molecule has 1 aromatic carbocycles. The summed E-state index contributed by atoms with van der Waals surface area (Å²) >= 11 is 0. The molecule has 0 bridgehead atoms. The molecular formula is C10H8F3NO2. The number of fused-ring (bicyclic) bond motifs is 1. The Balaban J connectivity index is 2.52. The number of aliphatic carboxylic acids is 1. The van der Waals surface area contributed by atoms with Crippen molar-refractivity contribution in [2.75, 3.05) is 11.9 Å². The Bertz CT molecular complexity index is 442. The van der Waals surface area contributed by atoms with Gasteiger partial charge in [-0.15, -0.1) is 0 Å². The largest absolute Gasteiger partial charge is 0.481 e. The van der Waals surface area contributed by atoms with Gasteiger partial charge in [-0.2, -0.15) is 13.2 Å². The molecule has 1 aliphatic heterocycles. The van der Waals surface area contributed by atoms with E-state index in [0.717, 1.165) is 6.07 Å². The molecule has 1 aliphatic rings. The molecule has 0 radical (unpaired) electrons. The SMILES string of the molecule is O=C(O)C1CNc2c1cccc2C(F)(F)F. The van der Waals surface area contributed by atoms with Gasteiger partial charge in [0.05, 0.1) is 11.3 Å². The minimum atomic E-state index is -4.47. The molecule has 0 amide bonds. The maximum atomic E-state index is 12.6. The fourth-order valence-corrected chi connectivity index (χ4v) is 1.83. The van der Waals surface area contributed by atoms with Crippen LogP contribution in [0.2, 0.25) is 0 Å². The quantitative estimate of drug-likeness (QED) is 0.779. The number of carboxylic acid groups (broad SMARTS) is 1. The van der Waals surface area contributed by atoms with Gasteiger partial charge in [0, 0.05) is 6.54 Å². The first-order valence-electron chi connectivity index (χ1n) is 4.58. The van der Waals surface area contributed by atoms with Crippen molar-refractivity contribution >= 4 is 11.7 Å². The van der Waals surface area contributed by atoms with Gasteiger partial charge in [0.2, 0.25) is 0 Å². The van der Waals surface area contributed by atoms with Crippen molar-refractivity contribution in [1.82, 2.24) is 0 Å². The van der Waals surface area contributed by atoms with Crippen LogP contribution < -0.4 is 5.32 Å². The lowest BCUT2D eigenvalue weighted by Gasteiger charge is -2.11. The van der Waals surface area contributed by atoms with Crippen molar-refractivity contribution in [1.29, 1.82) is 0 Å². The normalized spacial score (nSPS) is 19.1. The molecule has 3 nitrogen and oxygen atoms in total. The lowest BCUT2D eigenvalue weighted by molar-refractivity contribution is -0.139. The number of nitrogens with one attached hydrogen (secondary N) is 1. The predicted molar refractivity (Wildman–Crippen MR) is 50.3 cm³/mol. The molecule has 1 aromatic rings. The van der Waals surface area contributed by atoms with Gasteiger partial charge >= 0.3 is 12.1 Å². The van der Waals surface area contributed by atoms with Crippen LogP contribution in [0.1, 0.15) is 17.0 Å². The number of halogens is 3. The standard InChI is InChI=1S/C10H8F3NO2/c11-10(12,13)7-3-1-2-5-6(9(15)16)4-14-8(5)7/h1-3,6,14H,4H2,(H,15,16). The van der Waals surface area contributed by atoms with Crippen LogP contribution in [0.25, 0.3) is 0 Å². The van der Waals surface area contributed by atoms with Gasteiger partial charge in [0.15, 0.2) is 0 Å². The van der Waals surface area contributed by atoms with E-state index in [1.54, 1.807) is 0 Å². The number of para-hydroxylation sites is 1. The summed E-state index contributed by atoms with van der Waals surface area (Å²) < 4.78 is 37.8. The first kappa shape index (κ1) is 10.8. The van der Waals surface area contributed by atoms with Gasteiger partial charge < -0.3 is 10.4 Å². The smallest absolute Gasteiger partial charge is 0.418 e. The molecule has 1 atom stereocenters. The molecule has 6 heteroatoms. The van der Waals surface area contributed by atoms with E-state index >= 15 is 0 Å². The highest BCUT2D eigenvalue weighted by atomic mass is 19.4. The van der Waals surface area contributed by atoms with Gasteiger partial charge in [-0.1, -0.05) is 12.1 Å². The Morgan fingerprint density at radius 3 is 2.69 bits per heavy atom. The summed E-state index contributed by atoms with van der Waals surface area (Å²) in [5.41, 5.74) is -0.724. The number of benzene rings is 1. The zero-order valence-corrected chi connectivity index (χ0v) is 8.01. The number of rotatable bonds is 1. The molecule has 2 rings (SSSR count). The van der Waals surface area contributed by atoms with E-state index in [2.05, 4.69) is 5.32 Å². The van der Waals surface area contributed by atoms with E-state index in [1.807, 2.05) is 0 Å². The number of anilines is 1. The van der Waals surface area contributed by atoms with E-state index in [-0.39, 0.29) is 17.8 Å². The predicted octanol–water partition coefficient (Wildman–Crippen LogP) is 2.30. The highest BCUT2D eigenvalue weighted by Gasteiger charge is 2.38. The Morgan fingerprint density at radius 2 is 2.12 bits per heavy atom. The van der Waals surface area contributed by atoms with Crippen LogP contribution in [-0.4, -0.2) is 17.6 Å². The summed E-state index contributed by atoms with van der Waals surface area (Å²) in [5.74, 6) is -2.03. The molecule has 0 saturated carbocycles. The third-order valence-corrected chi connectivity index (χ3v) is 2.56. The second-order valence-corrected chi connectivity index (χ2v) is 3.54. The molecular weight excluding hydrogens is 223 g/mol. The minimum absolute atomic E-state index is 0.00222. The summed E-state index contributed by atoms with van der Waals surface area (Å²) in [4.78, 5) is 10.8. The van der Waals surface area contributed by atoms with Crippen LogP contribution in [0.15, 0.2) is 18.2 Å². The molecule has 2 N–H and O–H groups in total. The van der Waals surface area contributed by atoms with Crippen molar-refractivity contribution in [2.45, 2.75) is 12.1 Å². The number of carbonyl (C=O) groups is 1. The monoisotopic (exact) mass is 231 g/mol. The fourth-order valence-electron chi connectivity index (χ4n) is 1.83. The van der Waals surface area contributed by atoms with Crippen LogP contribution in [0.5, 0.6) is 0 Å². The lowest BCUT2D eigenvalue weighted by Crippen LogP contribution is -2.12. The molecule has 0 saturated heterocycles. The number of carboxylic acids is 1. The lowest BCUT2D eigenvalue weighted by atomic mass is 9.99. The van der Waals surface area contributed by atoms with Crippen LogP contribution in [0.4, 0.5) is 18.9 Å². The summed E-state index contributed by atoms with van der Waals surface area (Å²) in [5, 5.41) is 11.3. The first-order chi connectivity index (χ1) is 7.41. The zero-order valence-electron chi connectivity index (χ0n) is 8.01. The zero-order chi connectivity index (χ0) is 11.9. The molecule has 0 aliphatic carbocycles. The van der Waals surface area contributed by atoms with Crippen molar-refractivity contribution < 1.29 is 23.1 Å². The summed E-state index contributed by atoms with van der Waals surface area (Å²) in [6.07, 6.45) is -4.47. The number of hydrogen-bond acceptors (Lipinski definition) is 2. The number of alkyl halides is 3. The maximum Gasteiger partial charge on any atom is 0.418 e. The first-order valence-corrected chi connectivity index (χ1v) is 4.58.